The van der Waals surface area contributed by atoms with E-state index in [2.05, 4.69) is 10.3 Å². The average molecular weight is 183 g/mol. The monoisotopic (exact) mass is 183 g/mol. The summed E-state index contributed by atoms with van der Waals surface area (Å²) in [7, 11) is 0. The molecule has 0 atom stereocenters. The molecule has 2 heteroatoms. The molecule has 0 aliphatic heterocycles. The molecule has 0 saturated carbocycles. The Morgan fingerprint density at radius 3 is 2.43 bits per heavy atom. The van der Waals surface area contributed by atoms with Gasteiger partial charge in [-0.3, -0.25) is 0 Å². The van der Waals surface area contributed by atoms with Gasteiger partial charge in [0.1, 0.15) is 5.82 Å². The number of pyridine rings is 1. The van der Waals surface area contributed by atoms with Crippen molar-refractivity contribution < 1.29 is 0 Å². The molecule has 2 nitrogen and oxygen atoms in total. The molecule has 69 valence electrons. The lowest BCUT2D eigenvalue weighted by Crippen LogP contribution is -1.97. The second-order valence-corrected chi connectivity index (χ2v) is 2.91. The van der Waals surface area contributed by atoms with Gasteiger partial charge in [0.15, 0.2) is 0 Å². The minimum atomic E-state index is 0.858. The predicted molar refractivity (Wildman–Crippen MR) is 57.7 cm³/mol. The van der Waals surface area contributed by atoms with Gasteiger partial charge in [0, 0.05) is 6.20 Å². The Bertz CT molecular complexity index is 331. The fraction of sp³-hybridized carbons (Fsp3) is 0. The third-order valence-corrected chi connectivity index (χ3v) is 1.85. The molecule has 2 aromatic rings. The van der Waals surface area contributed by atoms with E-state index >= 15 is 0 Å². The van der Waals surface area contributed by atoms with Crippen molar-refractivity contribution in [2.45, 2.75) is 0 Å². The van der Waals surface area contributed by atoms with E-state index in [0.717, 1.165) is 11.4 Å². The van der Waals surface area contributed by atoms with Crippen LogP contribution in [0.2, 0.25) is 0 Å². The van der Waals surface area contributed by atoms with Gasteiger partial charge >= 0.3 is 0 Å². The Morgan fingerprint density at radius 1 is 0.929 bits per heavy atom. The molecular formula is C12H11N2. The molecule has 0 amide bonds. The molecular weight excluding hydrogens is 172 g/mol. The third-order valence-electron chi connectivity index (χ3n) is 1.85. The van der Waals surface area contributed by atoms with E-state index in [-0.39, 0.29) is 0 Å². The van der Waals surface area contributed by atoms with E-state index < -0.39 is 0 Å². The molecule has 0 fully saturated rings. The van der Waals surface area contributed by atoms with Crippen LogP contribution in [0.4, 0.5) is 5.82 Å². The first-order valence-electron chi connectivity index (χ1n) is 4.51. The van der Waals surface area contributed by atoms with Gasteiger partial charge in [-0.15, -0.1) is 0 Å². The number of benzene rings is 1. The maximum Gasteiger partial charge on any atom is 0.126 e. The molecule has 1 heterocycles. The molecule has 1 N–H and O–H groups in total. The molecule has 0 bridgehead atoms. The summed E-state index contributed by atoms with van der Waals surface area (Å²) in [6.07, 6.45) is 1.77. The van der Waals surface area contributed by atoms with Crippen molar-refractivity contribution in [1.29, 1.82) is 0 Å². The highest BCUT2D eigenvalue weighted by atomic mass is 15.0. The SMILES string of the molecule is [CH](Nc1ccccn1)c1ccccc1. The van der Waals surface area contributed by atoms with Crippen LogP contribution in [-0.4, -0.2) is 4.98 Å². The lowest BCUT2D eigenvalue weighted by molar-refractivity contribution is 1.27. The highest BCUT2D eigenvalue weighted by molar-refractivity contribution is 5.40. The summed E-state index contributed by atoms with van der Waals surface area (Å²) in [4.78, 5) is 4.15. The summed E-state index contributed by atoms with van der Waals surface area (Å²) >= 11 is 0. The first-order valence-corrected chi connectivity index (χ1v) is 4.51. The summed E-state index contributed by atoms with van der Waals surface area (Å²) in [5.41, 5.74) is 1.14. The zero-order chi connectivity index (χ0) is 9.64. The maximum absolute atomic E-state index is 4.15. The normalized spacial score (nSPS) is 9.71. The van der Waals surface area contributed by atoms with Crippen molar-refractivity contribution in [3.63, 3.8) is 0 Å². The van der Waals surface area contributed by atoms with Crippen LogP contribution in [0.3, 0.4) is 0 Å². The number of aromatic nitrogens is 1. The van der Waals surface area contributed by atoms with Gasteiger partial charge in [0.2, 0.25) is 0 Å². The van der Waals surface area contributed by atoms with Gasteiger partial charge in [-0.1, -0.05) is 36.4 Å². The van der Waals surface area contributed by atoms with Crippen molar-refractivity contribution in [2.75, 3.05) is 5.32 Å². The second-order valence-electron chi connectivity index (χ2n) is 2.91. The predicted octanol–water partition coefficient (Wildman–Crippen LogP) is 2.70. The summed E-state index contributed by atoms with van der Waals surface area (Å²) in [5.74, 6) is 0.858. The minimum Gasteiger partial charge on any atom is -0.361 e. The zero-order valence-corrected chi connectivity index (χ0v) is 7.72. The first kappa shape index (κ1) is 8.75. The first-order chi connectivity index (χ1) is 6.95. The quantitative estimate of drug-likeness (QED) is 0.791. The average Bonchev–Trinajstić information content (AvgIpc) is 2.29. The number of hydrogen-bond donors (Lipinski definition) is 1. The lowest BCUT2D eigenvalue weighted by Gasteiger charge is -2.03. The van der Waals surface area contributed by atoms with Crippen molar-refractivity contribution in [2.24, 2.45) is 0 Å². The number of nitrogens with one attached hydrogen (secondary N) is 1. The summed E-state index contributed by atoms with van der Waals surface area (Å²) in [6.45, 7) is 1.93. The van der Waals surface area contributed by atoms with Gasteiger partial charge in [-0.05, 0) is 17.7 Å². The third kappa shape index (κ3) is 2.33. The smallest absolute Gasteiger partial charge is 0.126 e. The number of rotatable bonds is 3. The van der Waals surface area contributed by atoms with Gasteiger partial charge < -0.3 is 5.32 Å². The Kier molecular flexibility index (Phi) is 2.76. The fourth-order valence-corrected chi connectivity index (χ4v) is 1.15. The highest BCUT2D eigenvalue weighted by Crippen LogP contribution is 2.06. The Balaban J connectivity index is 1.96. The van der Waals surface area contributed by atoms with Gasteiger partial charge in [0.05, 0.1) is 6.54 Å². The highest BCUT2D eigenvalue weighted by Gasteiger charge is 1.92. The van der Waals surface area contributed by atoms with Crippen LogP contribution >= 0.6 is 0 Å². The summed E-state index contributed by atoms with van der Waals surface area (Å²) in [6, 6.07) is 15.9. The molecule has 1 aromatic heterocycles. The van der Waals surface area contributed by atoms with Crippen LogP contribution < -0.4 is 5.32 Å². The molecule has 1 radical (unpaired) electrons. The summed E-state index contributed by atoms with van der Waals surface area (Å²) < 4.78 is 0. The maximum atomic E-state index is 4.15. The van der Waals surface area contributed by atoms with Gasteiger partial charge in [0.25, 0.3) is 0 Å². The second kappa shape index (κ2) is 4.42. The molecule has 14 heavy (non-hydrogen) atoms. The minimum absolute atomic E-state index is 0.858. The zero-order valence-electron chi connectivity index (χ0n) is 7.72. The molecule has 2 rings (SSSR count). The summed E-state index contributed by atoms with van der Waals surface area (Å²) in [5, 5.41) is 3.12. The standard InChI is InChI=1S/C12H11N2/c1-2-6-11(7-3-1)10-14-12-8-4-5-9-13-12/h1-10H,(H,13,14). The lowest BCUT2D eigenvalue weighted by atomic mass is 10.2. The fourth-order valence-electron chi connectivity index (χ4n) is 1.15. The Hall–Kier alpha value is -1.83. The topological polar surface area (TPSA) is 24.9 Å². The van der Waals surface area contributed by atoms with Crippen molar-refractivity contribution in [3.05, 3.63) is 66.8 Å². The molecule has 0 saturated heterocycles. The van der Waals surface area contributed by atoms with Crippen LogP contribution in [0.15, 0.2) is 54.7 Å². The Morgan fingerprint density at radius 2 is 1.71 bits per heavy atom. The molecule has 0 spiro atoms. The van der Waals surface area contributed by atoms with Crippen molar-refractivity contribution in [1.82, 2.24) is 4.98 Å². The Labute approximate surface area is 83.6 Å². The largest absolute Gasteiger partial charge is 0.361 e. The van der Waals surface area contributed by atoms with E-state index in [1.807, 2.05) is 55.1 Å². The number of anilines is 1. The van der Waals surface area contributed by atoms with Crippen LogP contribution in [-0.2, 0) is 0 Å². The number of nitrogens with zero attached hydrogens (tertiary/aromatic N) is 1. The van der Waals surface area contributed by atoms with E-state index in [1.165, 1.54) is 0 Å². The number of hydrogen-bond acceptors (Lipinski definition) is 2. The van der Waals surface area contributed by atoms with E-state index in [9.17, 15) is 0 Å². The van der Waals surface area contributed by atoms with Crippen molar-refractivity contribution in [3.8, 4) is 0 Å². The molecule has 0 aliphatic rings. The van der Waals surface area contributed by atoms with Crippen LogP contribution in [0.25, 0.3) is 0 Å². The van der Waals surface area contributed by atoms with Crippen LogP contribution in [0.5, 0.6) is 0 Å². The molecule has 0 aliphatic carbocycles. The van der Waals surface area contributed by atoms with Gasteiger partial charge in [-0.2, -0.15) is 0 Å². The van der Waals surface area contributed by atoms with Gasteiger partial charge in [-0.25, -0.2) is 4.98 Å². The van der Waals surface area contributed by atoms with Crippen LogP contribution in [0, 0.1) is 6.54 Å². The van der Waals surface area contributed by atoms with E-state index in [4.69, 9.17) is 0 Å². The van der Waals surface area contributed by atoms with Crippen LogP contribution in [0.1, 0.15) is 5.56 Å². The van der Waals surface area contributed by atoms with E-state index in [1.54, 1.807) is 6.20 Å². The van der Waals surface area contributed by atoms with Crippen molar-refractivity contribution >= 4 is 5.82 Å². The van der Waals surface area contributed by atoms with E-state index in [0.29, 0.717) is 0 Å². The molecule has 0 unspecified atom stereocenters. The molecule has 1 aromatic carbocycles.